The van der Waals surface area contributed by atoms with Gasteiger partial charge in [-0.2, -0.15) is 0 Å². The second-order valence-electron chi connectivity index (χ2n) is 6.64. The second kappa shape index (κ2) is 3.83. The van der Waals surface area contributed by atoms with E-state index in [2.05, 4.69) is 18.2 Å². The van der Waals surface area contributed by atoms with Gasteiger partial charge in [0.1, 0.15) is 6.61 Å². The van der Waals surface area contributed by atoms with E-state index in [-0.39, 0.29) is 5.41 Å². The van der Waals surface area contributed by atoms with Crippen molar-refractivity contribution < 1.29 is 9.94 Å². The van der Waals surface area contributed by atoms with Gasteiger partial charge in [-0.05, 0) is 46.0 Å². The van der Waals surface area contributed by atoms with Gasteiger partial charge in [-0.3, -0.25) is 0 Å². The van der Waals surface area contributed by atoms with Gasteiger partial charge in [0.2, 0.25) is 0 Å². The van der Waals surface area contributed by atoms with E-state index in [1.54, 1.807) is 0 Å². The van der Waals surface area contributed by atoms with Gasteiger partial charge in [-0.1, -0.05) is 23.2 Å². The van der Waals surface area contributed by atoms with E-state index in [4.69, 9.17) is 4.84 Å². The van der Waals surface area contributed by atoms with Gasteiger partial charge >= 0.3 is 0 Å². The highest BCUT2D eigenvalue weighted by Crippen LogP contribution is 2.57. The number of fused-ring (bicyclic) bond motifs is 3. The lowest BCUT2D eigenvalue weighted by atomic mass is 9.60. The number of hydrogen-bond donors (Lipinski definition) is 1. The quantitative estimate of drug-likeness (QED) is 0.726. The van der Waals surface area contributed by atoms with Crippen molar-refractivity contribution in [3.8, 4) is 0 Å². The van der Waals surface area contributed by atoms with Crippen molar-refractivity contribution in [2.24, 2.45) is 22.4 Å². The summed E-state index contributed by atoms with van der Waals surface area (Å²) in [6.07, 6.45) is 6.74. The molecule has 3 atom stereocenters. The smallest absolute Gasteiger partial charge is 0.125 e. The lowest BCUT2D eigenvalue weighted by Gasteiger charge is -2.45. The predicted octanol–water partition coefficient (Wildman–Crippen LogP) is 2.90. The number of nitrogens with zero attached hydrogens (tertiary/aromatic N) is 1. The lowest BCUT2D eigenvalue weighted by Crippen LogP contribution is -2.53. The molecule has 0 spiro atoms. The standard InChI is InChI=1S/C15H23NO2/c1-10-7-8-15(14(2,3)17)12(10)6-4-5-11-9-18-16-13(11)15/h7,11-12,17H,4-6,8-9H2,1-3H3/t11?,12?,15-/m0/s1. The zero-order valence-electron chi connectivity index (χ0n) is 11.6. The summed E-state index contributed by atoms with van der Waals surface area (Å²) in [7, 11) is 0. The third-order valence-electron chi connectivity index (χ3n) is 5.31. The number of rotatable bonds is 1. The van der Waals surface area contributed by atoms with Crippen LogP contribution >= 0.6 is 0 Å². The molecule has 18 heavy (non-hydrogen) atoms. The first-order valence-electron chi connectivity index (χ1n) is 7.06. The fourth-order valence-electron chi connectivity index (χ4n) is 4.33. The summed E-state index contributed by atoms with van der Waals surface area (Å²) in [5, 5.41) is 15.2. The maximum absolute atomic E-state index is 10.8. The van der Waals surface area contributed by atoms with Crippen LogP contribution in [-0.4, -0.2) is 23.0 Å². The highest BCUT2D eigenvalue weighted by atomic mass is 16.6. The predicted molar refractivity (Wildman–Crippen MR) is 71.3 cm³/mol. The minimum atomic E-state index is -0.749. The van der Waals surface area contributed by atoms with Crippen LogP contribution in [0.15, 0.2) is 16.8 Å². The molecule has 1 N–H and O–H groups in total. The molecule has 0 saturated heterocycles. The highest BCUT2D eigenvalue weighted by molar-refractivity contribution is 5.95. The molecule has 1 heterocycles. The molecular weight excluding hydrogens is 226 g/mol. The molecular formula is C15H23NO2. The van der Waals surface area contributed by atoms with Crippen LogP contribution in [0.2, 0.25) is 0 Å². The normalized spacial score (nSPS) is 39.3. The van der Waals surface area contributed by atoms with Crippen LogP contribution in [0.4, 0.5) is 0 Å². The molecule has 0 aromatic heterocycles. The van der Waals surface area contributed by atoms with E-state index < -0.39 is 5.60 Å². The van der Waals surface area contributed by atoms with Crippen LogP contribution in [-0.2, 0) is 4.84 Å². The van der Waals surface area contributed by atoms with Crippen molar-refractivity contribution in [2.75, 3.05) is 6.61 Å². The fraction of sp³-hybridized carbons (Fsp3) is 0.800. The van der Waals surface area contributed by atoms with E-state index >= 15 is 0 Å². The van der Waals surface area contributed by atoms with Gasteiger partial charge in [-0.15, -0.1) is 0 Å². The third-order valence-corrected chi connectivity index (χ3v) is 5.31. The van der Waals surface area contributed by atoms with Crippen LogP contribution in [0.1, 0.15) is 46.5 Å². The molecule has 1 saturated carbocycles. The van der Waals surface area contributed by atoms with Crippen LogP contribution in [0.25, 0.3) is 0 Å². The maximum Gasteiger partial charge on any atom is 0.125 e. The summed E-state index contributed by atoms with van der Waals surface area (Å²) in [5.74, 6) is 0.851. The van der Waals surface area contributed by atoms with Crippen molar-refractivity contribution in [1.82, 2.24) is 0 Å². The molecule has 0 bridgehead atoms. The van der Waals surface area contributed by atoms with E-state index in [0.29, 0.717) is 18.4 Å². The number of oxime groups is 1. The van der Waals surface area contributed by atoms with E-state index in [1.165, 1.54) is 18.4 Å². The summed E-state index contributed by atoms with van der Waals surface area (Å²) >= 11 is 0. The molecule has 3 nitrogen and oxygen atoms in total. The van der Waals surface area contributed by atoms with Crippen molar-refractivity contribution in [2.45, 2.75) is 52.1 Å². The Labute approximate surface area is 109 Å². The molecule has 1 fully saturated rings. The van der Waals surface area contributed by atoms with Gasteiger partial charge in [0.05, 0.1) is 16.7 Å². The SMILES string of the molecule is CC1=CC[C@@]2(C(C)(C)O)C3=NOCC3CCCC12. The third kappa shape index (κ3) is 1.43. The molecule has 3 aliphatic rings. The molecule has 0 radical (unpaired) electrons. The Morgan fingerprint density at radius 2 is 2.22 bits per heavy atom. The Hall–Kier alpha value is -0.830. The monoisotopic (exact) mass is 249 g/mol. The number of allylic oxidation sites excluding steroid dienone is 2. The molecule has 0 aromatic rings. The van der Waals surface area contributed by atoms with Gasteiger partial charge in [-0.25, -0.2) is 0 Å². The van der Waals surface area contributed by atoms with Crippen molar-refractivity contribution in [1.29, 1.82) is 0 Å². The van der Waals surface area contributed by atoms with Crippen LogP contribution in [0.3, 0.4) is 0 Å². The minimum absolute atomic E-state index is 0.227. The Morgan fingerprint density at radius 3 is 2.94 bits per heavy atom. The molecule has 3 heteroatoms. The van der Waals surface area contributed by atoms with Crippen molar-refractivity contribution >= 4 is 5.71 Å². The number of aliphatic hydroxyl groups is 1. The second-order valence-corrected chi connectivity index (χ2v) is 6.64. The topological polar surface area (TPSA) is 41.8 Å². The van der Waals surface area contributed by atoms with E-state index in [9.17, 15) is 5.11 Å². The van der Waals surface area contributed by atoms with Crippen LogP contribution in [0, 0.1) is 17.3 Å². The zero-order valence-corrected chi connectivity index (χ0v) is 11.6. The van der Waals surface area contributed by atoms with Crippen molar-refractivity contribution in [3.05, 3.63) is 11.6 Å². The average Bonchev–Trinajstić information content (AvgIpc) is 2.82. The zero-order chi connectivity index (χ0) is 13.0. The molecule has 3 rings (SSSR count). The summed E-state index contributed by atoms with van der Waals surface area (Å²) < 4.78 is 0. The average molecular weight is 249 g/mol. The summed E-state index contributed by atoms with van der Waals surface area (Å²) in [6, 6.07) is 0. The molecule has 1 aliphatic heterocycles. The first-order chi connectivity index (χ1) is 8.47. The molecule has 100 valence electrons. The Bertz CT molecular complexity index is 419. The number of hydrogen-bond acceptors (Lipinski definition) is 3. The van der Waals surface area contributed by atoms with E-state index in [1.807, 2.05) is 13.8 Å². The van der Waals surface area contributed by atoms with Gasteiger partial charge < -0.3 is 9.94 Å². The molecule has 2 aliphatic carbocycles. The molecule has 0 aromatic carbocycles. The van der Waals surface area contributed by atoms with Crippen molar-refractivity contribution in [3.63, 3.8) is 0 Å². The van der Waals surface area contributed by atoms with E-state index in [0.717, 1.165) is 18.6 Å². The Kier molecular flexibility index (Phi) is 2.60. The Balaban J connectivity index is 2.13. The van der Waals surface area contributed by atoms with Gasteiger partial charge in [0.15, 0.2) is 0 Å². The minimum Gasteiger partial charge on any atom is -0.395 e. The van der Waals surface area contributed by atoms with Gasteiger partial charge in [0.25, 0.3) is 0 Å². The maximum atomic E-state index is 10.8. The lowest BCUT2D eigenvalue weighted by molar-refractivity contribution is -0.0343. The largest absolute Gasteiger partial charge is 0.395 e. The Morgan fingerprint density at radius 1 is 1.44 bits per heavy atom. The van der Waals surface area contributed by atoms with Crippen LogP contribution < -0.4 is 0 Å². The van der Waals surface area contributed by atoms with Crippen LogP contribution in [0.5, 0.6) is 0 Å². The summed E-state index contributed by atoms with van der Waals surface area (Å²) in [6.45, 7) is 6.79. The fourth-order valence-corrected chi connectivity index (χ4v) is 4.33. The molecule has 2 unspecified atom stereocenters. The highest BCUT2D eigenvalue weighted by Gasteiger charge is 2.59. The first kappa shape index (κ1) is 12.2. The summed E-state index contributed by atoms with van der Waals surface area (Å²) in [5.41, 5.74) is 1.58. The molecule has 0 amide bonds. The summed E-state index contributed by atoms with van der Waals surface area (Å²) in [4.78, 5) is 5.36. The van der Waals surface area contributed by atoms with Gasteiger partial charge in [0, 0.05) is 5.92 Å². The first-order valence-corrected chi connectivity index (χ1v) is 7.06.